The van der Waals surface area contributed by atoms with E-state index in [1.165, 1.54) is 9.25 Å². The van der Waals surface area contributed by atoms with Gasteiger partial charge in [-0.3, -0.25) is 9.25 Å². The summed E-state index contributed by atoms with van der Waals surface area (Å²) >= 11 is 1.11. The highest BCUT2D eigenvalue weighted by molar-refractivity contribution is 7.99. The van der Waals surface area contributed by atoms with Gasteiger partial charge in [0.05, 0.1) is 5.69 Å². The van der Waals surface area contributed by atoms with Crippen LogP contribution in [0.2, 0.25) is 0 Å². The fourth-order valence-corrected chi connectivity index (χ4v) is 3.07. The maximum Gasteiger partial charge on any atom is 0.344 e. The molecule has 0 aliphatic rings. The molecule has 0 saturated carbocycles. The highest BCUT2D eigenvalue weighted by atomic mass is 32.2. The van der Waals surface area contributed by atoms with Crippen molar-refractivity contribution in [3.8, 4) is 0 Å². The fourth-order valence-electron chi connectivity index (χ4n) is 1.90. The van der Waals surface area contributed by atoms with Crippen LogP contribution in [-0.2, 0) is 7.05 Å². The van der Waals surface area contributed by atoms with Gasteiger partial charge in [0.15, 0.2) is 5.16 Å². The lowest BCUT2D eigenvalue weighted by Gasteiger charge is -2.08. The Morgan fingerprint density at radius 1 is 1.45 bits per heavy atom. The van der Waals surface area contributed by atoms with Crippen LogP contribution in [0, 0.1) is 6.92 Å². The molecule has 2 heterocycles. The van der Waals surface area contributed by atoms with Crippen molar-refractivity contribution in [3.63, 3.8) is 0 Å². The summed E-state index contributed by atoms with van der Waals surface area (Å²) in [5, 5.41) is 20.5. The van der Waals surface area contributed by atoms with Crippen LogP contribution < -0.4 is 5.69 Å². The van der Waals surface area contributed by atoms with Crippen LogP contribution in [0.3, 0.4) is 0 Å². The third-order valence-electron chi connectivity index (χ3n) is 2.76. The number of rotatable bonds is 4. The zero-order valence-corrected chi connectivity index (χ0v) is 12.4. The number of nitrogens with one attached hydrogen (secondary N) is 1. The Kier molecular flexibility index (Phi) is 3.71. The topological polar surface area (TPSA) is 106 Å². The number of aromatic nitrogens is 5. The SMILES string of the molecule is Cc1nn(C)c(Sc2n[nH]c(=O)n2C(C)C)c1C(=O)O. The summed E-state index contributed by atoms with van der Waals surface area (Å²) < 4.78 is 2.95. The van der Waals surface area contributed by atoms with Crippen LogP contribution in [0.1, 0.15) is 35.9 Å². The van der Waals surface area contributed by atoms with Gasteiger partial charge in [-0.2, -0.15) is 5.10 Å². The van der Waals surface area contributed by atoms with Crippen LogP contribution in [0.25, 0.3) is 0 Å². The second-order valence-corrected chi connectivity index (χ2v) is 5.53. The molecule has 0 fully saturated rings. The molecule has 2 rings (SSSR count). The van der Waals surface area contributed by atoms with Crippen molar-refractivity contribution in [1.82, 2.24) is 24.5 Å². The van der Waals surface area contributed by atoms with Gasteiger partial charge >= 0.3 is 11.7 Å². The quantitative estimate of drug-likeness (QED) is 0.873. The lowest BCUT2D eigenvalue weighted by atomic mass is 10.3. The lowest BCUT2D eigenvalue weighted by Crippen LogP contribution is -2.19. The number of hydrogen-bond acceptors (Lipinski definition) is 5. The monoisotopic (exact) mass is 297 g/mol. The minimum atomic E-state index is -1.05. The van der Waals surface area contributed by atoms with E-state index < -0.39 is 5.97 Å². The van der Waals surface area contributed by atoms with Crippen LogP contribution in [0.15, 0.2) is 15.0 Å². The molecule has 9 heteroatoms. The Labute approximate surface area is 118 Å². The van der Waals surface area contributed by atoms with Gasteiger partial charge in [0.25, 0.3) is 0 Å². The van der Waals surface area contributed by atoms with E-state index in [1.54, 1.807) is 14.0 Å². The number of aromatic amines is 1. The molecule has 2 N–H and O–H groups in total. The van der Waals surface area contributed by atoms with E-state index in [0.717, 1.165) is 11.8 Å². The third-order valence-corrected chi connectivity index (χ3v) is 3.89. The van der Waals surface area contributed by atoms with E-state index in [9.17, 15) is 14.7 Å². The number of H-pyrrole nitrogens is 1. The molecule has 0 bridgehead atoms. The van der Waals surface area contributed by atoms with Gasteiger partial charge in [-0.1, -0.05) is 0 Å². The highest BCUT2D eigenvalue weighted by Gasteiger charge is 2.23. The van der Waals surface area contributed by atoms with Crippen molar-refractivity contribution in [2.24, 2.45) is 7.05 Å². The summed E-state index contributed by atoms with van der Waals surface area (Å²) in [4.78, 5) is 23.0. The zero-order valence-electron chi connectivity index (χ0n) is 11.5. The molecule has 0 unspecified atom stereocenters. The minimum Gasteiger partial charge on any atom is -0.478 e. The molecule has 0 radical (unpaired) electrons. The Balaban J connectivity index is 2.51. The van der Waals surface area contributed by atoms with E-state index >= 15 is 0 Å². The first-order valence-electron chi connectivity index (χ1n) is 5.94. The van der Waals surface area contributed by atoms with Crippen LogP contribution in [-0.4, -0.2) is 35.6 Å². The fraction of sp³-hybridized carbons (Fsp3) is 0.455. The van der Waals surface area contributed by atoms with Gasteiger partial charge in [0, 0.05) is 13.1 Å². The molecular formula is C11H15N5O3S. The Morgan fingerprint density at radius 3 is 2.65 bits per heavy atom. The summed E-state index contributed by atoms with van der Waals surface area (Å²) in [7, 11) is 1.66. The van der Waals surface area contributed by atoms with Crippen molar-refractivity contribution in [1.29, 1.82) is 0 Å². The molecule has 8 nitrogen and oxygen atoms in total. The Bertz CT molecular complexity index is 712. The van der Waals surface area contributed by atoms with Gasteiger partial charge in [0.2, 0.25) is 0 Å². The summed E-state index contributed by atoms with van der Waals surface area (Å²) in [6.45, 7) is 5.34. The number of nitrogens with zero attached hydrogens (tertiary/aromatic N) is 4. The summed E-state index contributed by atoms with van der Waals surface area (Å²) in [6.07, 6.45) is 0. The van der Waals surface area contributed by atoms with Gasteiger partial charge in [0.1, 0.15) is 10.6 Å². The highest BCUT2D eigenvalue weighted by Crippen LogP contribution is 2.30. The van der Waals surface area contributed by atoms with Crippen LogP contribution in [0.4, 0.5) is 0 Å². The first kappa shape index (κ1) is 14.4. The smallest absolute Gasteiger partial charge is 0.344 e. The molecule has 2 aromatic rings. The standard InChI is InChI=1S/C11H15N5O3S/c1-5(2)16-10(19)12-13-11(16)20-8-7(9(17)18)6(3)14-15(8)4/h5H,1-4H3,(H,12,19)(H,17,18). The molecule has 2 aromatic heterocycles. The molecule has 0 atom stereocenters. The maximum absolute atomic E-state index is 11.7. The van der Waals surface area contributed by atoms with Gasteiger partial charge in [-0.15, -0.1) is 5.10 Å². The van der Waals surface area contributed by atoms with Crippen LogP contribution in [0.5, 0.6) is 0 Å². The number of aryl methyl sites for hydroxylation is 2. The second-order valence-electron chi connectivity index (χ2n) is 4.57. The van der Waals surface area contributed by atoms with E-state index in [2.05, 4.69) is 15.3 Å². The molecule has 108 valence electrons. The van der Waals surface area contributed by atoms with Gasteiger partial charge in [-0.05, 0) is 32.5 Å². The maximum atomic E-state index is 11.7. The first-order chi connectivity index (χ1) is 9.32. The number of hydrogen-bond donors (Lipinski definition) is 2. The van der Waals surface area contributed by atoms with Crippen molar-refractivity contribution >= 4 is 17.7 Å². The number of carboxylic acids is 1. The van der Waals surface area contributed by atoms with Gasteiger partial charge in [-0.25, -0.2) is 14.7 Å². The van der Waals surface area contributed by atoms with E-state index in [1.807, 2.05) is 13.8 Å². The number of carboxylic acid groups (broad SMARTS) is 1. The lowest BCUT2D eigenvalue weighted by molar-refractivity contribution is 0.0692. The van der Waals surface area contributed by atoms with Gasteiger partial charge < -0.3 is 5.11 Å². The third kappa shape index (κ3) is 2.36. The summed E-state index contributed by atoms with van der Waals surface area (Å²) in [6, 6.07) is -0.0775. The van der Waals surface area contributed by atoms with Crippen molar-refractivity contribution in [3.05, 3.63) is 21.7 Å². The Morgan fingerprint density at radius 2 is 2.10 bits per heavy atom. The summed E-state index contributed by atoms with van der Waals surface area (Å²) in [5.74, 6) is -1.05. The van der Waals surface area contributed by atoms with Crippen LogP contribution >= 0.6 is 11.8 Å². The molecule has 0 spiro atoms. The van der Waals surface area contributed by atoms with Crippen molar-refractivity contribution in [2.75, 3.05) is 0 Å². The molecule has 0 saturated heterocycles. The molecule has 0 aromatic carbocycles. The minimum absolute atomic E-state index is 0.0775. The van der Waals surface area contributed by atoms with Crippen molar-refractivity contribution < 1.29 is 9.90 Å². The number of carbonyl (C=O) groups is 1. The van der Waals surface area contributed by atoms with E-state index in [0.29, 0.717) is 15.9 Å². The normalized spacial score (nSPS) is 11.2. The average molecular weight is 297 g/mol. The largest absolute Gasteiger partial charge is 0.478 e. The van der Waals surface area contributed by atoms with Crippen molar-refractivity contribution in [2.45, 2.75) is 37.0 Å². The predicted octanol–water partition coefficient (Wildman–Crippen LogP) is 1.04. The molecule has 20 heavy (non-hydrogen) atoms. The molecule has 0 aliphatic heterocycles. The number of aromatic carboxylic acids is 1. The Hall–Kier alpha value is -2.03. The summed E-state index contributed by atoms with van der Waals surface area (Å²) in [5.41, 5.74) is 0.234. The zero-order chi connectivity index (χ0) is 15.0. The predicted molar refractivity (Wildman–Crippen MR) is 72.3 cm³/mol. The molecule has 0 amide bonds. The van der Waals surface area contributed by atoms with E-state index in [-0.39, 0.29) is 17.3 Å². The first-order valence-corrected chi connectivity index (χ1v) is 6.76. The van der Waals surface area contributed by atoms with E-state index in [4.69, 9.17) is 0 Å². The molecule has 0 aliphatic carbocycles. The average Bonchev–Trinajstić information content (AvgIpc) is 2.81. The second kappa shape index (κ2) is 5.16. The molecular weight excluding hydrogens is 282 g/mol.